The molecule has 0 atom stereocenters. The second kappa shape index (κ2) is 6.47. The molecule has 2 amide bonds. The summed E-state index contributed by atoms with van der Waals surface area (Å²) in [5.41, 5.74) is 0.375. The van der Waals surface area contributed by atoms with Gasteiger partial charge in [0, 0.05) is 6.20 Å². The van der Waals surface area contributed by atoms with Crippen molar-refractivity contribution in [1.29, 1.82) is 0 Å². The molecule has 0 aliphatic rings. The third-order valence-electron chi connectivity index (χ3n) is 2.62. The van der Waals surface area contributed by atoms with E-state index >= 15 is 0 Å². The lowest BCUT2D eigenvalue weighted by Crippen LogP contribution is -2.28. The first-order valence-electron chi connectivity index (χ1n) is 6.04. The molecular weight excluding hydrogens is 277 g/mol. The number of hydrogen-bond acceptors (Lipinski definition) is 3. The highest BCUT2D eigenvalue weighted by molar-refractivity contribution is 5.91. The molecule has 0 radical (unpaired) electrons. The van der Waals surface area contributed by atoms with Gasteiger partial charge in [0.2, 0.25) is 0 Å². The number of carboxylic acids is 1. The summed E-state index contributed by atoms with van der Waals surface area (Å²) in [4.78, 5) is 26.3. The Kier molecular flexibility index (Phi) is 4.45. The fourth-order valence-electron chi connectivity index (χ4n) is 1.59. The number of aromatic nitrogens is 1. The summed E-state index contributed by atoms with van der Waals surface area (Å²) < 4.78 is 13.6. The summed E-state index contributed by atoms with van der Waals surface area (Å²) in [5, 5.41) is 13.5. The Morgan fingerprint density at radius 1 is 1.24 bits per heavy atom. The number of carbonyl (C=O) groups excluding carboxylic acids is 1. The molecule has 0 fully saturated rings. The average Bonchev–Trinajstić information content (AvgIpc) is 2.48. The third-order valence-corrected chi connectivity index (χ3v) is 2.62. The first-order valence-corrected chi connectivity index (χ1v) is 6.04. The zero-order valence-corrected chi connectivity index (χ0v) is 10.8. The van der Waals surface area contributed by atoms with E-state index < -0.39 is 17.8 Å². The van der Waals surface area contributed by atoms with E-state index in [1.54, 1.807) is 24.4 Å². The number of anilines is 1. The number of carboxylic acid groups (broad SMARTS) is 1. The summed E-state index contributed by atoms with van der Waals surface area (Å²) in [6.45, 7) is 0.196. The average molecular weight is 289 g/mol. The lowest BCUT2D eigenvalue weighted by Gasteiger charge is -2.08. The first kappa shape index (κ1) is 14.4. The maximum atomic E-state index is 13.6. The largest absolute Gasteiger partial charge is 0.478 e. The van der Waals surface area contributed by atoms with Crippen LogP contribution in [0.3, 0.4) is 0 Å². The Bertz CT molecular complexity index is 662. The lowest BCUT2D eigenvalue weighted by molar-refractivity contribution is 0.0696. The topological polar surface area (TPSA) is 91.3 Å². The van der Waals surface area contributed by atoms with Crippen LogP contribution >= 0.6 is 0 Å². The number of benzene rings is 1. The second-order valence-electron chi connectivity index (χ2n) is 4.13. The van der Waals surface area contributed by atoms with Gasteiger partial charge in [-0.05, 0) is 30.3 Å². The molecule has 0 saturated heterocycles. The van der Waals surface area contributed by atoms with Crippen molar-refractivity contribution in [3.05, 3.63) is 59.7 Å². The zero-order valence-electron chi connectivity index (χ0n) is 10.8. The normalized spacial score (nSPS) is 9.95. The second-order valence-corrected chi connectivity index (χ2v) is 4.13. The van der Waals surface area contributed by atoms with Gasteiger partial charge in [-0.15, -0.1) is 0 Å². The predicted molar refractivity (Wildman–Crippen MR) is 73.5 cm³/mol. The van der Waals surface area contributed by atoms with Gasteiger partial charge >= 0.3 is 12.0 Å². The zero-order chi connectivity index (χ0) is 15.2. The minimum Gasteiger partial charge on any atom is -0.478 e. The number of hydrogen-bond donors (Lipinski definition) is 3. The smallest absolute Gasteiger partial charge is 0.335 e. The first-order chi connectivity index (χ1) is 10.1. The number of carbonyl (C=O) groups is 2. The molecular formula is C14H12FN3O3. The highest BCUT2D eigenvalue weighted by atomic mass is 19.1. The quantitative estimate of drug-likeness (QED) is 0.805. The van der Waals surface area contributed by atoms with Crippen LogP contribution in [0.25, 0.3) is 0 Å². The number of halogens is 1. The van der Waals surface area contributed by atoms with E-state index in [2.05, 4.69) is 15.6 Å². The highest BCUT2D eigenvalue weighted by Gasteiger charge is 2.10. The molecule has 0 unspecified atom stereocenters. The third kappa shape index (κ3) is 4.00. The van der Waals surface area contributed by atoms with Crippen molar-refractivity contribution >= 4 is 17.7 Å². The van der Waals surface area contributed by atoms with E-state index in [9.17, 15) is 14.0 Å². The van der Waals surface area contributed by atoms with Crippen molar-refractivity contribution in [1.82, 2.24) is 10.3 Å². The molecule has 0 aliphatic carbocycles. The van der Waals surface area contributed by atoms with Gasteiger partial charge in [0.25, 0.3) is 0 Å². The van der Waals surface area contributed by atoms with Crippen molar-refractivity contribution < 1.29 is 19.1 Å². The molecule has 1 aromatic heterocycles. The molecule has 0 bridgehead atoms. The molecule has 1 heterocycles. The standard InChI is InChI=1S/C14H12FN3O3/c15-11-7-9(13(19)20)4-5-12(11)18-14(21)17-8-10-3-1-2-6-16-10/h1-7H,8H2,(H,19,20)(H2,17,18,21). The van der Waals surface area contributed by atoms with E-state index in [0.717, 1.165) is 6.07 Å². The number of pyridine rings is 1. The van der Waals surface area contributed by atoms with Crippen LogP contribution in [0.2, 0.25) is 0 Å². The Balaban J connectivity index is 1.95. The van der Waals surface area contributed by atoms with Gasteiger partial charge in [-0.1, -0.05) is 6.07 Å². The molecule has 0 saturated carbocycles. The summed E-state index contributed by atoms with van der Waals surface area (Å²) in [6.07, 6.45) is 1.60. The van der Waals surface area contributed by atoms with Crippen LogP contribution in [-0.2, 0) is 6.54 Å². The van der Waals surface area contributed by atoms with Crippen LogP contribution in [0.4, 0.5) is 14.9 Å². The number of aromatic carboxylic acids is 1. The fourth-order valence-corrected chi connectivity index (χ4v) is 1.59. The number of rotatable bonds is 4. The predicted octanol–water partition coefficient (Wildman–Crippen LogP) is 2.24. The van der Waals surface area contributed by atoms with Gasteiger partial charge in [-0.3, -0.25) is 4.98 Å². The van der Waals surface area contributed by atoms with Gasteiger partial charge in [0.05, 0.1) is 23.5 Å². The van der Waals surface area contributed by atoms with E-state index in [0.29, 0.717) is 5.69 Å². The number of nitrogens with one attached hydrogen (secondary N) is 2. The molecule has 0 spiro atoms. The van der Waals surface area contributed by atoms with Gasteiger partial charge in [0.1, 0.15) is 5.82 Å². The van der Waals surface area contributed by atoms with E-state index in [1.807, 2.05) is 0 Å². The van der Waals surface area contributed by atoms with Crippen molar-refractivity contribution in [3.8, 4) is 0 Å². The summed E-state index contributed by atoms with van der Waals surface area (Å²) in [6, 6.07) is 7.91. The molecule has 21 heavy (non-hydrogen) atoms. The minimum atomic E-state index is -1.24. The fraction of sp³-hybridized carbons (Fsp3) is 0.0714. The van der Waals surface area contributed by atoms with E-state index in [-0.39, 0.29) is 17.8 Å². The van der Waals surface area contributed by atoms with E-state index in [4.69, 9.17) is 5.11 Å². The van der Waals surface area contributed by atoms with Crippen molar-refractivity contribution in [2.75, 3.05) is 5.32 Å². The van der Waals surface area contributed by atoms with Crippen LogP contribution < -0.4 is 10.6 Å². The Labute approximate surface area is 119 Å². The van der Waals surface area contributed by atoms with Crippen molar-refractivity contribution in [2.45, 2.75) is 6.54 Å². The Hall–Kier alpha value is -2.96. The summed E-state index contributed by atoms with van der Waals surface area (Å²) >= 11 is 0. The molecule has 108 valence electrons. The molecule has 2 rings (SSSR count). The van der Waals surface area contributed by atoms with Crippen LogP contribution in [0, 0.1) is 5.82 Å². The Morgan fingerprint density at radius 3 is 2.67 bits per heavy atom. The Morgan fingerprint density at radius 2 is 2.05 bits per heavy atom. The molecule has 7 heteroatoms. The van der Waals surface area contributed by atoms with E-state index in [1.165, 1.54) is 12.1 Å². The monoisotopic (exact) mass is 289 g/mol. The van der Waals surface area contributed by atoms with Crippen molar-refractivity contribution in [2.24, 2.45) is 0 Å². The van der Waals surface area contributed by atoms with Crippen LogP contribution in [0.5, 0.6) is 0 Å². The maximum Gasteiger partial charge on any atom is 0.335 e. The van der Waals surface area contributed by atoms with Gasteiger partial charge in [-0.2, -0.15) is 0 Å². The molecule has 1 aromatic carbocycles. The van der Waals surface area contributed by atoms with Crippen molar-refractivity contribution in [3.63, 3.8) is 0 Å². The SMILES string of the molecule is O=C(NCc1ccccn1)Nc1ccc(C(=O)O)cc1F. The summed E-state index contributed by atoms with van der Waals surface area (Å²) in [7, 11) is 0. The summed E-state index contributed by atoms with van der Waals surface area (Å²) in [5.74, 6) is -2.05. The highest BCUT2D eigenvalue weighted by Crippen LogP contribution is 2.15. The number of nitrogens with zero attached hydrogens (tertiary/aromatic N) is 1. The van der Waals surface area contributed by atoms with Gasteiger partial charge in [0.15, 0.2) is 0 Å². The molecule has 2 aromatic rings. The van der Waals surface area contributed by atoms with Crippen LogP contribution in [0.1, 0.15) is 16.1 Å². The van der Waals surface area contributed by atoms with Crippen LogP contribution in [0.15, 0.2) is 42.6 Å². The minimum absolute atomic E-state index is 0.0986. The van der Waals surface area contributed by atoms with Gasteiger partial charge < -0.3 is 15.7 Å². The lowest BCUT2D eigenvalue weighted by atomic mass is 10.2. The molecule has 6 nitrogen and oxygen atoms in total. The molecule has 3 N–H and O–H groups in total. The van der Waals surface area contributed by atoms with Gasteiger partial charge in [-0.25, -0.2) is 14.0 Å². The maximum absolute atomic E-state index is 13.6. The molecule has 0 aliphatic heterocycles. The number of urea groups is 1. The number of amides is 2. The van der Waals surface area contributed by atoms with Crippen LogP contribution in [-0.4, -0.2) is 22.1 Å².